The summed E-state index contributed by atoms with van der Waals surface area (Å²) in [4.78, 5) is 4.75. The van der Waals surface area contributed by atoms with Gasteiger partial charge in [-0.2, -0.15) is 0 Å². The predicted octanol–water partition coefficient (Wildman–Crippen LogP) is 1.24. The van der Waals surface area contributed by atoms with Crippen molar-refractivity contribution in [1.29, 1.82) is 0 Å². The number of nitrogens with two attached hydrogens (primary N) is 1. The Balaban J connectivity index is 2.30. The van der Waals surface area contributed by atoms with Gasteiger partial charge < -0.3 is 11.1 Å². The summed E-state index contributed by atoms with van der Waals surface area (Å²) in [7, 11) is 0. The van der Waals surface area contributed by atoms with Gasteiger partial charge in [-0.25, -0.2) is 0 Å². The first-order valence-electron chi connectivity index (χ1n) is 4.60. The molecule has 0 saturated carbocycles. The molecule has 0 saturated heterocycles. The molecule has 0 spiro atoms. The average molecular weight is 209 g/mol. The molecule has 3 N–H and O–H groups in total. The van der Waals surface area contributed by atoms with Crippen molar-refractivity contribution in [2.75, 3.05) is 0 Å². The van der Waals surface area contributed by atoms with Gasteiger partial charge in [0.25, 0.3) is 0 Å². The second kappa shape index (κ2) is 5.67. The fraction of sp³-hybridized carbons (Fsp3) is 0.400. The first kappa shape index (κ1) is 11.1. The number of rotatable bonds is 5. The fourth-order valence-electron chi connectivity index (χ4n) is 1.16. The van der Waals surface area contributed by atoms with Gasteiger partial charge in [0.1, 0.15) is 0 Å². The number of hydrogen-bond donors (Lipinski definition) is 2. The molecule has 1 aromatic rings. The van der Waals surface area contributed by atoms with Crippen LogP contribution >= 0.6 is 12.2 Å². The van der Waals surface area contributed by atoms with E-state index in [1.165, 1.54) is 0 Å². The highest BCUT2D eigenvalue weighted by Crippen LogP contribution is 1.96. The molecule has 4 heteroatoms. The molecule has 14 heavy (non-hydrogen) atoms. The van der Waals surface area contributed by atoms with Crippen LogP contribution in [-0.2, 0) is 6.54 Å². The third kappa shape index (κ3) is 4.30. The number of pyridine rings is 1. The van der Waals surface area contributed by atoms with Gasteiger partial charge in [-0.05, 0) is 19.1 Å². The molecule has 0 aliphatic rings. The molecule has 0 fully saturated rings. The van der Waals surface area contributed by atoms with Crippen molar-refractivity contribution in [2.24, 2.45) is 5.73 Å². The second-order valence-electron chi connectivity index (χ2n) is 3.27. The van der Waals surface area contributed by atoms with Gasteiger partial charge in [-0.15, -0.1) is 0 Å². The maximum atomic E-state index is 5.44. The highest BCUT2D eigenvalue weighted by atomic mass is 32.1. The molecule has 0 aromatic carbocycles. The highest BCUT2D eigenvalue weighted by Gasteiger charge is 2.02. The van der Waals surface area contributed by atoms with E-state index in [1.54, 1.807) is 6.20 Å². The third-order valence-corrected chi connectivity index (χ3v) is 2.03. The predicted molar refractivity (Wildman–Crippen MR) is 61.9 cm³/mol. The van der Waals surface area contributed by atoms with Gasteiger partial charge in [-0.1, -0.05) is 18.3 Å². The smallest absolute Gasteiger partial charge is 0.0742 e. The van der Waals surface area contributed by atoms with Gasteiger partial charge in [-0.3, -0.25) is 4.98 Å². The Morgan fingerprint density at radius 2 is 2.43 bits per heavy atom. The molecule has 0 aliphatic heterocycles. The minimum Gasteiger partial charge on any atom is -0.393 e. The molecule has 0 aliphatic carbocycles. The number of nitrogens with one attached hydrogen (secondary N) is 1. The summed E-state index contributed by atoms with van der Waals surface area (Å²) < 4.78 is 0. The largest absolute Gasteiger partial charge is 0.393 e. The fourth-order valence-corrected chi connectivity index (χ4v) is 1.41. The Bertz CT molecular complexity index is 287. The van der Waals surface area contributed by atoms with Crippen LogP contribution in [0.3, 0.4) is 0 Å². The zero-order chi connectivity index (χ0) is 10.4. The molecule has 76 valence electrons. The lowest BCUT2D eigenvalue weighted by Crippen LogP contribution is -2.30. The Labute approximate surface area is 89.7 Å². The number of aromatic nitrogens is 1. The van der Waals surface area contributed by atoms with Crippen LogP contribution in [0, 0.1) is 0 Å². The Kier molecular flexibility index (Phi) is 4.49. The molecule has 1 rings (SSSR count). The quantitative estimate of drug-likeness (QED) is 0.716. The van der Waals surface area contributed by atoms with Crippen LogP contribution in [0.4, 0.5) is 0 Å². The van der Waals surface area contributed by atoms with Crippen molar-refractivity contribution in [2.45, 2.75) is 25.9 Å². The van der Waals surface area contributed by atoms with Crippen molar-refractivity contribution < 1.29 is 0 Å². The van der Waals surface area contributed by atoms with Crippen molar-refractivity contribution in [3.8, 4) is 0 Å². The molecule has 1 aromatic heterocycles. The minimum atomic E-state index is 0.300. The van der Waals surface area contributed by atoms with E-state index in [-0.39, 0.29) is 0 Å². The summed E-state index contributed by atoms with van der Waals surface area (Å²) in [6, 6.07) is 6.17. The molecule has 3 nitrogen and oxygen atoms in total. The SMILES string of the molecule is CC(CC(N)=S)NCc1ccccn1. The van der Waals surface area contributed by atoms with Crippen LogP contribution in [0.5, 0.6) is 0 Å². The standard InChI is InChI=1S/C10H15N3S/c1-8(6-10(11)14)13-7-9-4-2-3-5-12-9/h2-5,8,13H,6-7H2,1H3,(H2,11,14). The number of nitrogens with zero attached hydrogens (tertiary/aromatic N) is 1. The highest BCUT2D eigenvalue weighted by molar-refractivity contribution is 7.80. The van der Waals surface area contributed by atoms with Crippen molar-refractivity contribution >= 4 is 17.2 Å². The van der Waals surface area contributed by atoms with Crippen LogP contribution < -0.4 is 11.1 Å². The Morgan fingerprint density at radius 1 is 1.64 bits per heavy atom. The summed E-state index contributed by atoms with van der Waals surface area (Å²) in [5.41, 5.74) is 6.47. The van der Waals surface area contributed by atoms with Crippen molar-refractivity contribution in [1.82, 2.24) is 10.3 Å². The van der Waals surface area contributed by atoms with Gasteiger partial charge >= 0.3 is 0 Å². The molecule has 1 atom stereocenters. The first-order valence-corrected chi connectivity index (χ1v) is 5.01. The first-order chi connectivity index (χ1) is 6.68. The summed E-state index contributed by atoms with van der Waals surface area (Å²) in [6.45, 7) is 2.81. The van der Waals surface area contributed by atoms with E-state index >= 15 is 0 Å². The lowest BCUT2D eigenvalue weighted by molar-refractivity contribution is 0.558. The van der Waals surface area contributed by atoms with E-state index in [0.717, 1.165) is 18.7 Å². The number of hydrogen-bond acceptors (Lipinski definition) is 3. The van der Waals surface area contributed by atoms with E-state index < -0.39 is 0 Å². The maximum Gasteiger partial charge on any atom is 0.0742 e. The van der Waals surface area contributed by atoms with E-state index in [4.69, 9.17) is 18.0 Å². The zero-order valence-corrected chi connectivity index (χ0v) is 9.05. The lowest BCUT2D eigenvalue weighted by atomic mass is 10.2. The van der Waals surface area contributed by atoms with Crippen molar-refractivity contribution in [3.05, 3.63) is 30.1 Å². The topological polar surface area (TPSA) is 50.9 Å². The van der Waals surface area contributed by atoms with Gasteiger partial charge in [0, 0.05) is 25.2 Å². The van der Waals surface area contributed by atoms with Crippen molar-refractivity contribution in [3.63, 3.8) is 0 Å². The molecular weight excluding hydrogens is 194 g/mol. The van der Waals surface area contributed by atoms with E-state index in [0.29, 0.717) is 11.0 Å². The van der Waals surface area contributed by atoms with Crippen LogP contribution in [-0.4, -0.2) is 16.0 Å². The minimum absolute atomic E-state index is 0.300. The van der Waals surface area contributed by atoms with Gasteiger partial charge in [0.15, 0.2) is 0 Å². The summed E-state index contributed by atoms with van der Waals surface area (Å²) in [5, 5.41) is 3.30. The van der Waals surface area contributed by atoms with E-state index in [1.807, 2.05) is 18.2 Å². The van der Waals surface area contributed by atoms with Crippen LogP contribution in [0.1, 0.15) is 19.0 Å². The lowest BCUT2D eigenvalue weighted by Gasteiger charge is -2.11. The molecule has 1 unspecified atom stereocenters. The monoisotopic (exact) mass is 209 g/mol. The number of thiocarbonyl (C=S) groups is 1. The van der Waals surface area contributed by atoms with E-state index in [2.05, 4.69) is 17.2 Å². The van der Waals surface area contributed by atoms with Gasteiger partial charge in [0.2, 0.25) is 0 Å². The Morgan fingerprint density at radius 3 is 3.00 bits per heavy atom. The Hall–Kier alpha value is -1.00. The van der Waals surface area contributed by atoms with Crippen LogP contribution in [0.15, 0.2) is 24.4 Å². The van der Waals surface area contributed by atoms with Gasteiger partial charge in [0.05, 0.1) is 10.7 Å². The summed E-state index contributed by atoms with van der Waals surface area (Å²) >= 11 is 4.82. The third-order valence-electron chi connectivity index (χ3n) is 1.87. The molecule has 1 heterocycles. The van der Waals surface area contributed by atoms with Crippen LogP contribution in [0.2, 0.25) is 0 Å². The second-order valence-corrected chi connectivity index (χ2v) is 3.80. The zero-order valence-electron chi connectivity index (χ0n) is 8.23. The van der Waals surface area contributed by atoms with Crippen LogP contribution in [0.25, 0.3) is 0 Å². The summed E-state index contributed by atoms with van der Waals surface area (Å²) in [6.07, 6.45) is 2.51. The normalized spacial score (nSPS) is 12.4. The van der Waals surface area contributed by atoms with E-state index in [9.17, 15) is 0 Å². The molecule has 0 amide bonds. The molecule has 0 radical (unpaired) electrons. The maximum absolute atomic E-state index is 5.44. The summed E-state index contributed by atoms with van der Waals surface area (Å²) in [5.74, 6) is 0. The average Bonchev–Trinajstić information content (AvgIpc) is 2.15. The molecule has 0 bridgehead atoms. The molecular formula is C10H15N3S.